The maximum absolute atomic E-state index is 12.0. The van der Waals surface area contributed by atoms with Gasteiger partial charge in [-0.15, -0.1) is 0 Å². The highest BCUT2D eigenvalue weighted by atomic mass is 35.5. The molecule has 0 unspecified atom stereocenters. The summed E-state index contributed by atoms with van der Waals surface area (Å²) >= 11 is 5.64. The number of aryl methyl sites for hydroxylation is 1. The van der Waals surface area contributed by atoms with Crippen LogP contribution in [0.3, 0.4) is 0 Å². The highest BCUT2D eigenvalue weighted by molar-refractivity contribution is 7.89. The Morgan fingerprint density at radius 2 is 2.22 bits per heavy atom. The Labute approximate surface area is 140 Å². The molecule has 0 aliphatic carbocycles. The van der Waals surface area contributed by atoms with Gasteiger partial charge in [-0.25, -0.2) is 12.7 Å². The number of halogens is 1. The molecule has 1 aromatic heterocycles. The van der Waals surface area contributed by atoms with Crippen LogP contribution in [-0.2, 0) is 26.0 Å². The number of nitrogens with zero attached hydrogens (tertiary/aromatic N) is 2. The van der Waals surface area contributed by atoms with Gasteiger partial charge in [0.1, 0.15) is 5.76 Å². The molecule has 1 fully saturated rings. The number of sulfonamides is 1. The van der Waals surface area contributed by atoms with Crippen molar-refractivity contribution in [2.75, 3.05) is 33.1 Å². The molecule has 1 saturated heterocycles. The topological polar surface area (TPSA) is 102 Å². The third kappa shape index (κ3) is 5.17. The third-order valence-corrected chi connectivity index (χ3v) is 5.79. The smallest absolute Gasteiger partial charge is 0.220 e. The number of rotatable bonds is 7. The average Bonchev–Trinajstić information content (AvgIpc) is 3.06. The fraction of sp³-hybridized carbons (Fsp3) is 0.692. The van der Waals surface area contributed by atoms with Crippen LogP contribution < -0.4 is 5.32 Å². The highest BCUT2D eigenvalue weighted by Gasteiger charge is 2.34. The van der Waals surface area contributed by atoms with Crippen LogP contribution in [0.4, 0.5) is 0 Å². The normalized spacial score (nSPS) is 21.7. The van der Waals surface area contributed by atoms with Crippen molar-refractivity contribution in [2.45, 2.75) is 18.9 Å². The van der Waals surface area contributed by atoms with E-state index in [2.05, 4.69) is 10.5 Å². The van der Waals surface area contributed by atoms with Crippen molar-refractivity contribution in [2.24, 2.45) is 5.92 Å². The Kier molecular flexibility index (Phi) is 6.01. The van der Waals surface area contributed by atoms with E-state index in [4.69, 9.17) is 20.9 Å². The van der Waals surface area contributed by atoms with E-state index >= 15 is 0 Å². The minimum atomic E-state index is -3.34. The van der Waals surface area contributed by atoms with E-state index in [0.717, 1.165) is 0 Å². The first-order valence-electron chi connectivity index (χ1n) is 7.16. The summed E-state index contributed by atoms with van der Waals surface area (Å²) in [5.74, 6) is 0.0220. The van der Waals surface area contributed by atoms with E-state index in [1.165, 1.54) is 18.4 Å². The molecule has 1 aliphatic rings. The van der Waals surface area contributed by atoms with Crippen molar-refractivity contribution in [1.82, 2.24) is 14.8 Å². The first-order valence-corrected chi connectivity index (χ1v) is 9.15. The highest BCUT2D eigenvalue weighted by Crippen LogP contribution is 2.18. The number of aromatic nitrogens is 1. The van der Waals surface area contributed by atoms with Crippen LogP contribution in [0.2, 0.25) is 5.15 Å². The number of carbonyl (C=O) groups excluding carboxylic acids is 1. The standard InChI is InChI=1S/C13H20ClN3O5S/c1-17(2)23(19,20)8-9-6-21-7-11(9)15-13(18)4-3-10-5-12(14)16-22-10/h5,9,11H,3-4,6-8H2,1-2H3,(H,15,18)/t9-,11+/m0/s1. The number of hydrogen-bond donors (Lipinski definition) is 1. The largest absolute Gasteiger partial charge is 0.379 e. The van der Waals surface area contributed by atoms with Gasteiger partial charge in [0.25, 0.3) is 0 Å². The summed E-state index contributed by atoms with van der Waals surface area (Å²) in [6, 6.07) is 1.25. The minimum Gasteiger partial charge on any atom is -0.379 e. The Hall–Kier alpha value is -1.16. The van der Waals surface area contributed by atoms with E-state index in [0.29, 0.717) is 25.4 Å². The van der Waals surface area contributed by atoms with Crippen LogP contribution in [0, 0.1) is 5.92 Å². The van der Waals surface area contributed by atoms with Crippen molar-refractivity contribution < 1.29 is 22.5 Å². The van der Waals surface area contributed by atoms with Gasteiger partial charge >= 0.3 is 0 Å². The number of hydrogen-bond acceptors (Lipinski definition) is 6. The molecule has 8 nitrogen and oxygen atoms in total. The Morgan fingerprint density at radius 1 is 1.48 bits per heavy atom. The van der Waals surface area contributed by atoms with Crippen LogP contribution in [0.5, 0.6) is 0 Å². The lowest BCUT2D eigenvalue weighted by Gasteiger charge is -2.20. The predicted molar refractivity (Wildman–Crippen MR) is 83.5 cm³/mol. The fourth-order valence-electron chi connectivity index (χ4n) is 2.26. The van der Waals surface area contributed by atoms with Gasteiger partial charge < -0.3 is 14.6 Å². The second-order valence-electron chi connectivity index (χ2n) is 5.65. The maximum Gasteiger partial charge on any atom is 0.220 e. The van der Waals surface area contributed by atoms with Crippen molar-refractivity contribution in [3.8, 4) is 0 Å². The Morgan fingerprint density at radius 3 is 2.83 bits per heavy atom. The molecule has 23 heavy (non-hydrogen) atoms. The van der Waals surface area contributed by atoms with E-state index in [9.17, 15) is 13.2 Å². The quantitative estimate of drug-likeness (QED) is 0.744. The molecule has 0 radical (unpaired) electrons. The minimum absolute atomic E-state index is 0.0529. The molecule has 1 N–H and O–H groups in total. The third-order valence-electron chi connectivity index (χ3n) is 3.65. The average molecular weight is 366 g/mol. The molecule has 10 heteroatoms. The zero-order valence-electron chi connectivity index (χ0n) is 13.0. The molecule has 0 spiro atoms. The summed E-state index contributed by atoms with van der Waals surface area (Å²) in [6.07, 6.45) is 0.578. The van der Waals surface area contributed by atoms with Gasteiger partial charge in [0.05, 0.1) is 25.0 Å². The molecule has 2 rings (SSSR count). The summed E-state index contributed by atoms with van der Waals surface area (Å²) in [5, 5.41) is 6.61. The molecule has 1 aliphatic heterocycles. The monoisotopic (exact) mass is 365 g/mol. The molecule has 0 saturated carbocycles. The molecular formula is C13H20ClN3O5S. The van der Waals surface area contributed by atoms with E-state index in [1.54, 1.807) is 6.07 Å². The maximum atomic E-state index is 12.0. The first kappa shape index (κ1) is 18.2. The second-order valence-corrected chi connectivity index (χ2v) is 8.26. The SMILES string of the molecule is CN(C)S(=O)(=O)C[C@@H]1COC[C@H]1NC(=O)CCc1cc(Cl)no1. The Balaban J connectivity index is 1.84. The molecule has 0 aromatic carbocycles. The van der Waals surface area contributed by atoms with Gasteiger partial charge in [-0.2, -0.15) is 0 Å². The van der Waals surface area contributed by atoms with Crippen LogP contribution in [0.25, 0.3) is 0 Å². The predicted octanol–water partition coefficient (Wildman–Crippen LogP) is 0.283. The lowest BCUT2D eigenvalue weighted by atomic mass is 10.1. The van der Waals surface area contributed by atoms with E-state index < -0.39 is 10.0 Å². The summed E-state index contributed by atoms with van der Waals surface area (Å²) < 4.78 is 35.3. The summed E-state index contributed by atoms with van der Waals surface area (Å²) in [6.45, 7) is 0.628. The van der Waals surface area contributed by atoms with Gasteiger partial charge in [-0.1, -0.05) is 16.8 Å². The number of amides is 1. The zero-order chi connectivity index (χ0) is 17.0. The van der Waals surface area contributed by atoms with Crippen LogP contribution in [0.15, 0.2) is 10.6 Å². The Bertz CT molecular complexity index is 646. The molecule has 1 amide bonds. The van der Waals surface area contributed by atoms with Crippen molar-refractivity contribution >= 4 is 27.5 Å². The summed E-state index contributed by atoms with van der Waals surface area (Å²) in [5.41, 5.74) is 0. The van der Waals surface area contributed by atoms with Gasteiger partial charge in [-0.3, -0.25) is 4.79 Å². The zero-order valence-corrected chi connectivity index (χ0v) is 14.6. The van der Waals surface area contributed by atoms with E-state index in [1.807, 2.05) is 0 Å². The van der Waals surface area contributed by atoms with Crippen LogP contribution in [-0.4, -0.2) is 62.9 Å². The van der Waals surface area contributed by atoms with Gasteiger partial charge in [0.15, 0.2) is 5.15 Å². The molecule has 2 atom stereocenters. The number of ether oxygens (including phenoxy) is 1. The van der Waals surface area contributed by atoms with Crippen LogP contribution >= 0.6 is 11.6 Å². The molecule has 130 valence electrons. The summed E-state index contributed by atoms with van der Waals surface area (Å²) in [4.78, 5) is 12.0. The van der Waals surface area contributed by atoms with Gasteiger partial charge in [0, 0.05) is 38.9 Å². The van der Waals surface area contributed by atoms with Crippen molar-refractivity contribution in [1.29, 1.82) is 0 Å². The van der Waals surface area contributed by atoms with Gasteiger partial charge in [-0.05, 0) is 0 Å². The fourth-order valence-corrected chi connectivity index (χ4v) is 3.59. The van der Waals surface area contributed by atoms with Crippen molar-refractivity contribution in [3.05, 3.63) is 17.0 Å². The van der Waals surface area contributed by atoms with Gasteiger partial charge in [0.2, 0.25) is 15.9 Å². The molecule has 0 bridgehead atoms. The lowest BCUT2D eigenvalue weighted by molar-refractivity contribution is -0.122. The first-order chi connectivity index (χ1) is 10.8. The second kappa shape index (κ2) is 7.61. The summed E-state index contributed by atoms with van der Waals surface area (Å²) in [7, 11) is -0.364. The van der Waals surface area contributed by atoms with Crippen LogP contribution in [0.1, 0.15) is 12.2 Å². The molecule has 1 aromatic rings. The number of carbonyl (C=O) groups is 1. The number of nitrogens with one attached hydrogen (secondary N) is 1. The molecule has 2 heterocycles. The lowest BCUT2D eigenvalue weighted by Crippen LogP contribution is -2.43. The van der Waals surface area contributed by atoms with E-state index in [-0.39, 0.29) is 35.2 Å². The molecular weight excluding hydrogens is 346 g/mol. The van der Waals surface area contributed by atoms with Crippen molar-refractivity contribution in [3.63, 3.8) is 0 Å².